The summed E-state index contributed by atoms with van der Waals surface area (Å²) in [5.74, 6) is 0.168. The molecule has 5 heteroatoms. The lowest BCUT2D eigenvalue weighted by molar-refractivity contribution is -0.144. The van der Waals surface area contributed by atoms with Gasteiger partial charge in [-0.2, -0.15) is 0 Å². The summed E-state index contributed by atoms with van der Waals surface area (Å²) in [6.07, 6.45) is 4.68. The van der Waals surface area contributed by atoms with Gasteiger partial charge in [0.2, 0.25) is 0 Å². The molecule has 0 saturated carbocycles. The minimum absolute atomic E-state index is 0.0709. The molecular weight excluding hydrogens is 256 g/mol. The van der Waals surface area contributed by atoms with Crippen LogP contribution in [-0.2, 0) is 4.79 Å². The van der Waals surface area contributed by atoms with Crippen LogP contribution in [0.4, 0.5) is 4.79 Å². The maximum Gasteiger partial charge on any atom is 0.326 e. The average molecular weight is 282 g/mol. The predicted molar refractivity (Wildman–Crippen MR) is 76.5 cm³/mol. The van der Waals surface area contributed by atoms with Crippen molar-refractivity contribution in [2.24, 2.45) is 11.8 Å². The molecule has 0 bridgehead atoms. The van der Waals surface area contributed by atoms with E-state index in [0.717, 1.165) is 38.8 Å². The predicted octanol–water partition coefficient (Wildman–Crippen LogP) is 2.41. The summed E-state index contributed by atoms with van der Waals surface area (Å²) in [6, 6.07) is -0.717. The molecule has 2 amide bonds. The van der Waals surface area contributed by atoms with Crippen LogP contribution in [0.25, 0.3) is 0 Å². The maximum absolute atomic E-state index is 12.6. The van der Waals surface area contributed by atoms with Crippen molar-refractivity contribution in [2.75, 3.05) is 19.6 Å². The summed E-state index contributed by atoms with van der Waals surface area (Å²) in [4.78, 5) is 27.5. The summed E-state index contributed by atoms with van der Waals surface area (Å²) in [5, 5.41) is 9.36. The second-order valence-corrected chi connectivity index (χ2v) is 6.48. The number of piperidine rings is 1. The fourth-order valence-corrected chi connectivity index (χ4v) is 3.24. The van der Waals surface area contributed by atoms with Gasteiger partial charge in [0.05, 0.1) is 0 Å². The van der Waals surface area contributed by atoms with Gasteiger partial charge in [-0.25, -0.2) is 9.59 Å². The Morgan fingerprint density at radius 2 is 1.70 bits per heavy atom. The van der Waals surface area contributed by atoms with Crippen LogP contribution < -0.4 is 0 Å². The molecule has 2 aliphatic rings. The van der Waals surface area contributed by atoms with Gasteiger partial charge in [0.25, 0.3) is 0 Å². The van der Waals surface area contributed by atoms with E-state index in [4.69, 9.17) is 0 Å². The highest BCUT2D eigenvalue weighted by Crippen LogP contribution is 2.25. The second-order valence-electron chi connectivity index (χ2n) is 6.48. The SMILES string of the molecule is CC1CCCN(C(=O)N2CCC(C)CC2C(=O)O)CC1. The van der Waals surface area contributed by atoms with Gasteiger partial charge in [0.1, 0.15) is 6.04 Å². The van der Waals surface area contributed by atoms with Crippen molar-refractivity contribution in [3.8, 4) is 0 Å². The first-order valence-corrected chi connectivity index (χ1v) is 7.77. The van der Waals surface area contributed by atoms with Crippen LogP contribution in [0.5, 0.6) is 0 Å². The lowest BCUT2D eigenvalue weighted by atomic mass is 9.92. The molecule has 0 aliphatic carbocycles. The van der Waals surface area contributed by atoms with E-state index in [1.807, 2.05) is 4.90 Å². The van der Waals surface area contributed by atoms with Crippen LogP contribution in [0.1, 0.15) is 46.0 Å². The first kappa shape index (κ1) is 15.1. The van der Waals surface area contributed by atoms with Crippen LogP contribution in [-0.4, -0.2) is 52.6 Å². The normalized spacial score (nSPS) is 31.8. The summed E-state index contributed by atoms with van der Waals surface area (Å²) in [7, 11) is 0. The molecule has 5 nitrogen and oxygen atoms in total. The number of aliphatic carboxylic acids is 1. The minimum Gasteiger partial charge on any atom is -0.480 e. The lowest BCUT2D eigenvalue weighted by Crippen LogP contribution is -2.54. The van der Waals surface area contributed by atoms with Crippen LogP contribution in [0, 0.1) is 11.8 Å². The fraction of sp³-hybridized carbons (Fsp3) is 0.867. The number of carboxylic acids is 1. The van der Waals surface area contributed by atoms with Gasteiger partial charge in [-0.15, -0.1) is 0 Å². The standard InChI is InChI=1S/C15H26N2O3/c1-11-4-3-7-16(8-5-11)15(20)17-9-6-12(2)10-13(17)14(18)19/h11-13H,3-10H2,1-2H3,(H,18,19). The molecule has 1 N–H and O–H groups in total. The third-order valence-corrected chi connectivity index (χ3v) is 4.68. The van der Waals surface area contributed by atoms with E-state index in [9.17, 15) is 14.7 Å². The molecule has 3 atom stereocenters. The highest BCUT2D eigenvalue weighted by molar-refractivity contribution is 5.83. The molecule has 2 aliphatic heterocycles. The number of urea groups is 1. The monoisotopic (exact) mass is 282 g/mol. The van der Waals surface area contributed by atoms with E-state index in [0.29, 0.717) is 24.8 Å². The number of amides is 2. The number of carbonyl (C=O) groups is 2. The highest BCUT2D eigenvalue weighted by Gasteiger charge is 2.36. The van der Waals surface area contributed by atoms with E-state index in [1.54, 1.807) is 4.90 Å². The number of carboxylic acid groups (broad SMARTS) is 1. The van der Waals surface area contributed by atoms with Gasteiger partial charge < -0.3 is 14.9 Å². The van der Waals surface area contributed by atoms with Crippen molar-refractivity contribution in [3.63, 3.8) is 0 Å². The molecule has 2 saturated heterocycles. The number of likely N-dealkylation sites (tertiary alicyclic amines) is 2. The van der Waals surface area contributed by atoms with Crippen molar-refractivity contribution in [1.82, 2.24) is 9.80 Å². The van der Waals surface area contributed by atoms with Gasteiger partial charge in [0.15, 0.2) is 0 Å². The van der Waals surface area contributed by atoms with E-state index < -0.39 is 12.0 Å². The maximum atomic E-state index is 12.6. The van der Waals surface area contributed by atoms with Gasteiger partial charge in [-0.1, -0.05) is 13.8 Å². The van der Waals surface area contributed by atoms with Crippen molar-refractivity contribution in [2.45, 2.75) is 52.0 Å². The zero-order valence-corrected chi connectivity index (χ0v) is 12.5. The Labute approximate surface area is 120 Å². The third-order valence-electron chi connectivity index (χ3n) is 4.68. The molecule has 0 radical (unpaired) electrons. The Hall–Kier alpha value is -1.26. The highest BCUT2D eigenvalue weighted by atomic mass is 16.4. The molecule has 2 heterocycles. The summed E-state index contributed by atoms with van der Waals surface area (Å²) >= 11 is 0. The van der Waals surface area contributed by atoms with Crippen molar-refractivity contribution in [1.29, 1.82) is 0 Å². The average Bonchev–Trinajstić information content (AvgIpc) is 2.62. The Morgan fingerprint density at radius 3 is 2.40 bits per heavy atom. The van der Waals surface area contributed by atoms with Crippen LogP contribution in [0.15, 0.2) is 0 Å². The van der Waals surface area contributed by atoms with Crippen molar-refractivity contribution >= 4 is 12.0 Å². The van der Waals surface area contributed by atoms with Crippen LogP contribution in [0.3, 0.4) is 0 Å². The van der Waals surface area contributed by atoms with E-state index in [1.165, 1.54) is 0 Å². The third kappa shape index (κ3) is 3.44. The Morgan fingerprint density at radius 1 is 1.00 bits per heavy atom. The smallest absolute Gasteiger partial charge is 0.326 e. The summed E-state index contributed by atoms with van der Waals surface area (Å²) in [6.45, 7) is 6.38. The largest absolute Gasteiger partial charge is 0.480 e. The molecule has 2 fully saturated rings. The lowest BCUT2D eigenvalue weighted by Gasteiger charge is -2.38. The van der Waals surface area contributed by atoms with Gasteiger partial charge in [-0.05, 0) is 43.9 Å². The van der Waals surface area contributed by atoms with E-state index in [2.05, 4.69) is 13.8 Å². The number of hydrogen-bond acceptors (Lipinski definition) is 2. The molecule has 114 valence electrons. The number of carbonyl (C=O) groups excluding carboxylic acids is 1. The first-order valence-electron chi connectivity index (χ1n) is 7.77. The minimum atomic E-state index is -0.868. The van der Waals surface area contributed by atoms with Crippen molar-refractivity contribution in [3.05, 3.63) is 0 Å². The molecule has 0 aromatic carbocycles. The Kier molecular flexibility index (Phi) is 4.89. The topological polar surface area (TPSA) is 60.9 Å². The molecule has 0 aromatic rings. The first-order chi connectivity index (χ1) is 9.49. The Bertz CT molecular complexity index is 372. The zero-order valence-electron chi connectivity index (χ0n) is 12.5. The zero-order chi connectivity index (χ0) is 14.7. The Balaban J connectivity index is 2.04. The molecular formula is C15H26N2O3. The van der Waals surface area contributed by atoms with Crippen LogP contribution >= 0.6 is 0 Å². The van der Waals surface area contributed by atoms with Gasteiger partial charge >= 0.3 is 12.0 Å². The quantitative estimate of drug-likeness (QED) is 0.803. The number of nitrogens with zero attached hydrogens (tertiary/aromatic N) is 2. The van der Waals surface area contributed by atoms with E-state index >= 15 is 0 Å². The van der Waals surface area contributed by atoms with Crippen LogP contribution in [0.2, 0.25) is 0 Å². The molecule has 0 spiro atoms. The number of rotatable bonds is 1. The number of hydrogen-bond donors (Lipinski definition) is 1. The fourth-order valence-electron chi connectivity index (χ4n) is 3.24. The summed E-state index contributed by atoms with van der Waals surface area (Å²) in [5.41, 5.74) is 0. The second kappa shape index (κ2) is 6.46. The molecule has 3 unspecified atom stereocenters. The van der Waals surface area contributed by atoms with E-state index in [-0.39, 0.29) is 6.03 Å². The van der Waals surface area contributed by atoms with Gasteiger partial charge in [0, 0.05) is 19.6 Å². The molecule has 0 aromatic heterocycles. The van der Waals surface area contributed by atoms with Crippen molar-refractivity contribution < 1.29 is 14.7 Å². The molecule has 20 heavy (non-hydrogen) atoms. The summed E-state index contributed by atoms with van der Waals surface area (Å²) < 4.78 is 0. The molecule has 2 rings (SSSR count). The van der Waals surface area contributed by atoms with Gasteiger partial charge in [-0.3, -0.25) is 0 Å².